The third-order valence-corrected chi connectivity index (χ3v) is 1.97. The zero-order chi connectivity index (χ0) is 9.26. The Morgan fingerprint density at radius 3 is 3.00 bits per heavy atom. The second-order valence-electron chi connectivity index (χ2n) is 2.46. The van der Waals surface area contributed by atoms with Crippen LogP contribution in [0.3, 0.4) is 0 Å². The lowest BCUT2D eigenvalue weighted by Gasteiger charge is -2.00. The SMILES string of the molecule is O=S(O)Nn1ncc2ccccc21. The van der Waals surface area contributed by atoms with Crippen LogP contribution in [0.15, 0.2) is 30.5 Å². The lowest BCUT2D eigenvalue weighted by Crippen LogP contribution is -2.17. The van der Waals surface area contributed by atoms with Crippen LogP contribution in [-0.4, -0.2) is 18.7 Å². The summed E-state index contributed by atoms with van der Waals surface area (Å²) in [5.41, 5.74) is 0.768. The van der Waals surface area contributed by atoms with E-state index in [1.165, 1.54) is 4.79 Å². The fourth-order valence-corrected chi connectivity index (χ4v) is 1.41. The van der Waals surface area contributed by atoms with Gasteiger partial charge >= 0.3 is 0 Å². The third-order valence-electron chi connectivity index (χ3n) is 1.64. The second-order valence-corrected chi connectivity index (χ2v) is 3.14. The van der Waals surface area contributed by atoms with Crippen molar-refractivity contribution in [3.05, 3.63) is 30.5 Å². The van der Waals surface area contributed by atoms with E-state index in [0.717, 1.165) is 10.9 Å². The van der Waals surface area contributed by atoms with Crippen molar-refractivity contribution in [2.75, 3.05) is 4.83 Å². The maximum atomic E-state index is 10.4. The Morgan fingerprint density at radius 1 is 1.46 bits per heavy atom. The molecular formula is C7H7N3O2S. The quantitative estimate of drug-likeness (QED) is 0.697. The summed E-state index contributed by atoms with van der Waals surface area (Å²) in [5, 5.41) is 4.81. The van der Waals surface area contributed by atoms with E-state index in [-0.39, 0.29) is 0 Å². The van der Waals surface area contributed by atoms with Crippen LogP contribution >= 0.6 is 0 Å². The fraction of sp³-hybridized carbons (Fsp3) is 0. The molecule has 0 spiro atoms. The van der Waals surface area contributed by atoms with E-state index in [2.05, 4.69) is 9.93 Å². The molecule has 1 aromatic carbocycles. The van der Waals surface area contributed by atoms with E-state index in [1.807, 2.05) is 24.3 Å². The molecule has 1 aromatic heterocycles. The van der Waals surface area contributed by atoms with Crippen LogP contribution in [-0.2, 0) is 11.3 Å². The number of rotatable bonds is 2. The Hall–Kier alpha value is -1.40. The molecule has 6 heteroatoms. The predicted octanol–water partition coefficient (Wildman–Crippen LogP) is 0.716. The normalized spacial score (nSPS) is 13.0. The summed E-state index contributed by atoms with van der Waals surface area (Å²) in [4.78, 5) is 3.53. The number of benzene rings is 1. The Balaban J connectivity index is 2.51. The first-order chi connectivity index (χ1) is 6.27. The summed E-state index contributed by atoms with van der Waals surface area (Å²) in [6, 6.07) is 7.40. The summed E-state index contributed by atoms with van der Waals surface area (Å²) in [6.45, 7) is 0. The maximum absolute atomic E-state index is 10.4. The molecule has 2 N–H and O–H groups in total. The minimum Gasteiger partial charge on any atom is -0.288 e. The van der Waals surface area contributed by atoms with Crippen molar-refractivity contribution >= 4 is 22.2 Å². The van der Waals surface area contributed by atoms with Crippen LogP contribution in [0.25, 0.3) is 10.9 Å². The van der Waals surface area contributed by atoms with Crippen molar-refractivity contribution < 1.29 is 8.76 Å². The number of para-hydroxylation sites is 1. The molecule has 0 saturated carbocycles. The summed E-state index contributed by atoms with van der Waals surface area (Å²) in [7, 11) is 0. The second kappa shape index (κ2) is 3.15. The molecule has 2 aromatic rings. The highest BCUT2D eigenvalue weighted by atomic mass is 32.2. The molecule has 5 nitrogen and oxygen atoms in total. The van der Waals surface area contributed by atoms with Crippen LogP contribution in [0.4, 0.5) is 0 Å². The van der Waals surface area contributed by atoms with Crippen molar-refractivity contribution in [2.45, 2.75) is 0 Å². The molecule has 13 heavy (non-hydrogen) atoms. The molecule has 1 atom stereocenters. The maximum Gasteiger partial charge on any atom is 0.275 e. The van der Waals surface area contributed by atoms with Crippen LogP contribution in [0, 0.1) is 0 Å². The first kappa shape index (κ1) is 8.21. The van der Waals surface area contributed by atoms with Crippen molar-refractivity contribution in [1.82, 2.24) is 9.89 Å². The van der Waals surface area contributed by atoms with Gasteiger partial charge in [-0.15, -0.1) is 0 Å². The average molecular weight is 197 g/mol. The summed E-state index contributed by atoms with van der Waals surface area (Å²) in [6.07, 6.45) is 1.62. The van der Waals surface area contributed by atoms with Gasteiger partial charge in [-0.2, -0.15) is 9.89 Å². The molecule has 68 valence electrons. The minimum absolute atomic E-state index is 0.768. The molecular weight excluding hydrogens is 190 g/mol. The van der Waals surface area contributed by atoms with E-state index in [1.54, 1.807) is 6.20 Å². The van der Waals surface area contributed by atoms with Gasteiger partial charge in [-0.05, 0) is 6.07 Å². The Bertz CT molecular complexity index is 454. The highest BCUT2D eigenvalue weighted by Gasteiger charge is 2.01. The Kier molecular flexibility index (Phi) is 1.99. The summed E-state index contributed by atoms with van der Waals surface area (Å²) >= 11 is -2.10. The fourth-order valence-electron chi connectivity index (χ4n) is 1.12. The molecule has 0 amide bonds. The number of hydrogen-bond donors (Lipinski definition) is 2. The molecule has 0 aliphatic heterocycles. The Labute approximate surface area is 76.8 Å². The molecule has 0 fully saturated rings. The van der Waals surface area contributed by atoms with Crippen LogP contribution in [0.2, 0.25) is 0 Å². The molecule has 0 aliphatic rings. The van der Waals surface area contributed by atoms with Gasteiger partial charge in [0.25, 0.3) is 11.3 Å². The zero-order valence-electron chi connectivity index (χ0n) is 6.54. The summed E-state index contributed by atoms with van der Waals surface area (Å²) in [5.74, 6) is 0. The van der Waals surface area contributed by atoms with E-state index in [4.69, 9.17) is 4.55 Å². The van der Waals surface area contributed by atoms with Crippen molar-refractivity contribution in [2.24, 2.45) is 0 Å². The van der Waals surface area contributed by atoms with Gasteiger partial charge in [-0.1, -0.05) is 18.2 Å². The average Bonchev–Trinajstić information content (AvgIpc) is 2.48. The largest absolute Gasteiger partial charge is 0.288 e. The number of fused-ring (bicyclic) bond motifs is 1. The van der Waals surface area contributed by atoms with Gasteiger partial charge in [-0.3, -0.25) is 4.55 Å². The first-order valence-corrected chi connectivity index (χ1v) is 4.68. The lowest BCUT2D eigenvalue weighted by molar-refractivity contribution is 0.561. The van der Waals surface area contributed by atoms with Gasteiger partial charge in [0.05, 0.1) is 11.7 Å². The van der Waals surface area contributed by atoms with E-state index < -0.39 is 11.3 Å². The van der Waals surface area contributed by atoms with Crippen LogP contribution < -0.4 is 4.83 Å². The molecule has 0 aliphatic carbocycles. The van der Waals surface area contributed by atoms with Crippen LogP contribution in [0.5, 0.6) is 0 Å². The number of nitrogens with zero attached hydrogens (tertiary/aromatic N) is 2. The zero-order valence-corrected chi connectivity index (χ0v) is 7.36. The van der Waals surface area contributed by atoms with Gasteiger partial charge in [-0.25, -0.2) is 9.04 Å². The Morgan fingerprint density at radius 2 is 2.23 bits per heavy atom. The monoisotopic (exact) mass is 197 g/mol. The van der Waals surface area contributed by atoms with Gasteiger partial charge < -0.3 is 0 Å². The minimum atomic E-state index is -2.10. The molecule has 1 heterocycles. The van der Waals surface area contributed by atoms with E-state index in [0.29, 0.717) is 0 Å². The van der Waals surface area contributed by atoms with Crippen LogP contribution in [0.1, 0.15) is 0 Å². The van der Waals surface area contributed by atoms with Gasteiger partial charge in [0.2, 0.25) is 0 Å². The highest BCUT2D eigenvalue weighted by Crippen LogP contribution is 2.10. The van der Waals surface area contributed by atoms with Crippen molar-refractivity contribution in [3.8, 4) is 0 Å². The standard InChI is InChI=1S/C7H7N3O2S/c11-13(12)9-10-7-4-2-1-3-6(7)5-8-10/h1-5,9H,(H,11,12). The van der Waals surface area contributed by atoms with E-state index in [9.17, 15) is 4.21 Å². The molecule has 0 bridgehead atoms. The third kappa shape index (κ3) is 1.53. The first-order valence-electron chi connectivity index (χ1n) is 3.57. The van der Waals surface area contributed by atoms with Gasteiger partial charge in [0.15, 0.2) is 0 Å². The molecule has 0 radical (unpaired) electrons. The highest BCUT2D eigenvalue weighted by molar-refractivity contribution is 7.80. The molecule has 0 saturated heterocycles. The summed E-state index contributed by atoms with van der Waals surface area (Å²) < 4.78 is 19.0. The van der Waals surface area contributed by atoms with Crippen molar-refractivity contribution in [3.63, 3.8) is 0 Å². The molecule has 1 unspecified atom stereocenters. The van der Waals surface area contributed by atoms with Crippen molar-refractivity contribution in [1.29, 1.82) is 0 Å². The molecule has 2 rings (SSSR count). The lowest BCUT2D eigenvalue weighted by atomic mass is 10.3. The van der Waals surface area contributed by atoms with E-state index >= 15 is 0 Å². The predicted molar refractivity (Wildman–Crippen MR) is 49.9 cm³/mol. The van der Waals surface area contributed by atoms with Gasteiger partial charge in [0.1, 0.15) is 0 Å². The smallest absolute Gasteiger partial charge is 0.275 e. The number of aromatic nitrogens is 2. The van der Waals surface area contributed by atoms with Gasteiger partial charge in [0, 0.05) is 5.39 Å². The topological polar surface area (TPSA) is 67.2 Å². The number of nitrogens with one attached hydrogen (secondary N) is 1. The number of hydrogen-bond acceptors (Lipinski definition) is 2.